The molecule has 24 heavy (non-hydrogen) atoms. The fraction of sp³-hybridized carbons (Fsp3) is 0.929. The Kier molecular flexibility index (Phi) is 5.84. The van der Waals surface area contributed by atoms with E-state index in [9.17, 15) is 40.6 Å². The first-order chi connectivity index (χ1) is 10.7. The monoisotopic (exact) mass is 368 g/mol. The Balaban J connectivity index is 2.79. The van der Waals surface area contributed by atoms with Crippen LogP contribution in [0, 0.1) is 5.92 Å². The Bertz CT molecular complexity index is 434. The Morgan fingerprint density at radius 1 is 1.00 bits per heavy atom. The van der Waals surface area contributed by atoms with Crippen LogP contribution in [0.15, 0.2) is 0 Å². The lowest BCUT2D eigenvalue weighted by Gasteiger charge is -2.41. The van der Waals surface area contributed by atoms with Crippen LogP contribution >= 0.6 is 0 Å². The highest BCUT2D eigenvalue weighted by atomic mass is 19.4. The summed E-state index contributed by atoms with van der Waals surface area (Å²) in [5, 5.41) is 9.33. The van der Waals surface area contributed by atoms with Gasteiger partial charge in [0.05, 0.1) is 0 Å². The van der Waals surface area contributed by atoms with E-state index < -0.39 is 54.5 Å². The summed E-state index contributed by atoms with van der Waals surface area (Å²) in [6, 6.07) is 0. The van der Waals surface area contributed by atoms with E-state index in [0.29, 0.717) is 0 Å². The summed E-state index contributed by atoms with van der Waals surface area (Å²) in [5.41, 5.74) is -7.08. The van der Waals surface area contributed by atoms with Gasteiger partial charge >= 0.3 is 18.3 Å². The summed E-state index contributed by atoms with van der Waals surface area (Å²) < 4.78 is 95.3. The molecule has 1 aliphatic carbocycles. The van der Waals surface area contributed by atoms with Crippen molar-refractivity contribution >= 4 is 5.97 Å². The molecule has 1 fully saturated rings. The molecule has 142 valence electrons. The standard InChI is InChI=1S/C14H19F7O3/c1-3-11(2,15)10(22)24-9-6-4-8(5-7-9)12(23,13(16,17)18)14(19,20)21/h8-9,23H,3-7H2,1-2H3. The second-order valence-electron chi connectivity index (χ2n) is 6.19. The molecule has 10 heteroatoms. The molecule has 1 rings (SSSR count). The molecule has 0 amide bonds. The first-order valence-corrected chi connectivity index (χ1v) is 7.42. The molecule has 3 nitrogen and oxygen atoms in total. The molecule has 1 atom stereocenters. The lowest BCUT2D eigenvalue weighted by molar-refractivity contribution is -0.387. The maximum atomic E-state index is 13.7. The summed E-state index contributed by atoms with van der Waals surface area (Å²) in [6.07, 6.45) is -14.8. The number of ether oxygens (including phenoxy) is 1. The highest BCUT2D eigenvalue weighted by Gasteiger charge is 2.73. The van der Waals surface area contributed by atoms with Crippen molar-refractivity contribution in [1.29, 1.82) is 0 Å². The van der Waals surface area contributed by atoms with Crippen LogP contribution in [-0.4, -0.2) is 40.8 Å². The van der Waals surface area contributed by atoms with Gasteiger partial charge < -0.3 is 9.84 Å². The maximum Gasteiger partial charge on any atom is 0.426 e. The summed E-state index contributed by atoms with van der Waals surface area (Å²) in [6.45, 7) is 2.37. The second-order valence-corrected chi connectivity index (χ2v) is 6.19. The highest BCUT2D eigenvalue weighted by Crippen LogP contribution is 2.51. The maximum absolute atomic E-state index is 13.7. The third-order valence-corrected chi connectivity index (χ3v) is 4.49. The van der Waals surface area contributed by atoms with Crippen LogP contribution in [0.1, 0.15) is 46.0 Å². The third-order valence-electron chi connectivity index (χ3n) is 4.49. The highest BCUT2D eigenvalue weighted by molar-refractivity contribution is 5.78. The zero-order chi connectivity index (χ0) is 19.0. The van der Waals surface area contributed by atoms with Crippen LogP contribution in [-0.2, 0) is 9.53 Å². The van der Waals surface area contributed by atoms with Gasteiger partial charge in [0, 0.05) is 5.92 Å². The molecule has 0 aromatic rings. The Labute approximate surface area is 134 Å². The number of carbonyl (C=O) groups excluding carboxylic acids is 1. The smallest absolute Gasteiger partial charge is 0.426 e. The molecule has 1 N–H and O–H groups in total. The molecular weight excluding hydrogens is 349 g/mol. The quantitative estimate of drug-likeness (QED) is 0.601. The molecule has 0 bridgehead atoms. The van der Waals surface area contributed by atoms with E-state index in [1.54, 1.807) is 0 Å². The molecule has 1 unspecified atom stereocenters. The van der Waals surface area contributed by atoms with Crippen molar-refractivity contribution in [2.45, 2.75) is 75.7 Å². The minimum Gasteiger partial charge on any atom is -0.460 e. The van der Waals surface area contributed by atoms with E-state index in [2.05, 4.69) is 0 Å². The lowest BCUT2D eigenvalue weighted by atomic mass is 9.75. The van der Waals surface area contributed by atoms with Gasteiger partial charge in [0.2, 0.25) is 5.67 Å². The molecule has 0 spiro atoms. The zero-order valence-corrected chi connectivity index (χ0v) is 13.1. The number of carbonyl (C=O) groups is 1. The first kappa shape index (κ1) is 21.0. The Morgan fingerprint density at radius 2 is 1.42 bits per heavy atom. The normalized spacial score (nSPS) is 25.9. The van der Waals surface area contributed by atoms with Crippen molar-refractivity contribution < 1.29 is 45.4 Å². The van der Waals surface area contributed by atoms with Gasteiger partial charge in [0.25, 0.3) is 5.60 Å². The first-order valence-electron chi connectivity index (χ1n) is 7.42. The van der Waals surface area contributed by atoms with Gasteiger partial charge in [0.1, 0.15) is 6.10 Å². The lowest BCUT2D eigenvalue weighted by Crippen LogP contribution is -2.62. The molecule has 0 saturated heterocycles. The molecule has 0 aromatic carbocycles. The van der Waals surface area contributed by atoms with Gasteiger partial charge in [-0.3, -0.25) is 0 Å². The van der Waals surface area contributed by atoms with E-state index in [1.807, 2.05) is 0 Å². The van der Waals surface area contributed by atoms with E-state index in [4.69, 9.17) is 4.74 Å². The number of hydrogen-bond acceptors (Lipinski definition) is 3. The van der Waals surface area contributed by atoms with Gasteiger partial charge in [-0.25, -0.2) is 9.18 Å². The minimum atomic E-state index is -5.88. The number of rotatable bonds is 4. The van der Waals surface area contributed by atoms with Gasteiger partial charge in [0.15, 0.2) is 0 Å². The van der Waals surface area contributed by atoms with Crippen LogP contribution in [0.4, 0.5) is 30.7 Å². The van der Waals surface area contributed by atoms with E-state index in [-0.39, 0.29) is 19.3 Å². The van der Waals surface area contributed by atoms with Crippen LogP contribution in [0.5, 0.6) is 0 Å². The fourth-order valence-corrected chi connectivity index (χ4v) is 2.64. The second kappa shape index (κ2) is 6.68. The Hall–Kier alpha value is -1.06. The third kappa shape index (κ3) is 3.94. The summed E-state index contributed by atoms with van der Waals surface area (Å²) in [5.74, 6) is -3.30. The molecule has 0 aromatic heterocycles. The largest absolute Gasteiger partial charge is 0.460 e. The van der Waals surface area contributed by atoms with Crippen molar-refractivity contribution in [3.8, 4) is 0 Å². The van der Waals surface area contributed by atoms with Crippen molar-refractivity contribution in [2.75, 3.05) is 0 Å². The van der Waals surface area contributed by atoms with Gasteiger partial charge in [-0.2, -0.15) is 26.3 Å². The molecule has 0 radical (unpaired) electrons. The predicted octanol–water partition coefficient (Wildman–Crippen LogP) is 4.08. The number of hydrogen-bond donors (Lipinski definition) is 1. The van der Waals surface area contributed by atoms with Crippen molar-refractivity contribution in [3.05, 3.63) is 0 Å². The van der Waals surface area contributed by atoms with E-state index >= 15 is 0 Å². The van der Waals surface area contributed by atoms with Gasteiger partial charge in [-0.15, -0.1) is 0 Å². The number of halogens is 7. The summed E-state index contributed by atoms with van der Waals surface area (Å²) in [7, 11) is 0. The van der Waals surface area contributed by atoms with Crippen molar-refractivity contribution in [3.63, 3.8) is 0 Å². The molecule has 1 aliphatic rings. The van der Waals surface area contributed by atoms with Crippen molar-refractivity contribution in [1.82, 2.24) is 0 Å². The number of aliphatic hydroxyl groups is 1. The van der Waals surface area contributed by atoms with Gasteiger partial charge in [-0.05, 0) is 39.0 Å². The molecular formula is C14H19F7O3. The molecule has 1 saturated carbocycles. The summed E-state index contributed by atoms with van der Waals surface area (Å²) >= 11 is 0. The molecule has 0 aliphatic heterocycles. The van der Waals surface area contributed by atoms with E-state index in [0.717, 1.165) is 6.92 Å². The average molecular weight is 368 g/mol. The topological polar surface area (TPSA) is 46.5 Å². The predicted molar refractivity (Wildman–Crippen MR) is 68.7 cm³/mol. The van der Waals surface area contributed by atoms with Crippen molar-refractivity contribution in [2.24, 2.45) is 5.92 Å². The zero-order valence-electron chi connectivity index (χ0n) is 13.1. The molecule has 0 heterocycles. The van der Waals surface area contributed by atoms with Crippen LogP contribution in [0.2, 0.25) is 0 Å². The SMILES string of the molecule is CCC(C)(F)C(=O)OC1CCC(C(O)(C(F)(F)F)C(F)(F)F)CC1. The Morgan fingerprint density at radius 3 is 1.75 bits per heavy atom. The van der Waals surface area contributed by atoms with E-state index in [1.165, 1.54) is 6.92 Å². The van der Waals surface area contributed by atoms with Gasteiger partial charge in [-0.1, -0.05) is 6.92 Å². The number of esters is 1. The summed E-state index contributed by atoms with van der Waals surface area (Å²) in [4.78, 5) is 11.6. The van der Waals surface area contributed by atoms with Crippen LogP contribution < -0.4 is 0 Å². The van der Waals surface area contributed by atoms with Crippen LogP contribution in [0.25, 0.3) is 0 Å². The average Bonchev–Trinajstić information content (AvgIpc) is 2.44. The minimum absolute atomic E-state index is 0.178. The number of alkyl halides is 7. The fourth-order valence-electron chi connectivity index (χ4n) is 2.64. The van der Waals surface area contributed by atoms with Crippen LogP contribution in [0.3, 0.4) is 0 Å².